The Hall–Kier alpha value is -1.78. The van der Waals surface area contributed by atoms with Gasteiger partial charge in [-0.25, -0.2) is 9.59 Å². The molecule has 1 heterocycles. The topological polar surface area (TPSA) is 64.2 Å². The molecule has 1 aromatic rings. The highest BCUT2D eigenvalue weighted by Crippen LogP contribution is 1.84. The van der Waals surface area contributed by atoms with E-state index in [2.05, 4.69) is 0 Å². The van der Waals surface area contributed by atoms with Gasteiger partial charge in [-0.2, -0.15) is 0 Å². The molecule has 1 N–H and O–H groups in total. The molecular formula is C8H10N2O3. The first-order valence-corrected chi connectivity index (χ1v) is 3.72. The Morgan fingerprint density at radius 2 is 2.31 bits per heavy atom. The van der Waals surface area contributed by atoms with E-state index in [0.29, 0.717) is 0 Å². The summed E-state index contributed by atoms with van der Waals surface area (Å²) in [5.74, 6) is -1.01. The molecule has 70 valence electrons. The summed E-state index contributed by atoms with van der Waals surface area (Å²) in [6, 6.07) is 0. The van der Waals surface area contributed by atoms with Gasteiger partial charge < -0.3 is 9.67 Å². The highest BCUT2D eigenvalue weighted by Gasteiger charge is 1.96. The molecule has 0 unspecified atom stereocenters. The van der Waals surface area contributed by atoms with E-state index >= 15 is 0 Å². The third kappa shape index (κ3) is 2.33. The van der Waals surface area contributed by atoms with Crippen LogP contribution in [0.3, 0.4) is 0 Å². The van der Waals surface area contributed by atoms with Gasteiger partial charge >= 0.3 is 11.7 Å². The maximum atomic E-state index is 11.2. The molecule has 0 spiro atoms. The maximum Gasteiger partial charge on any atom is 0.328 e. The predicted molar refractivity (Wildman–Crippen MR) is 46.4 cm³/mol. The molecule has 1 rings (SSSR count). The Balaban J connectivity index is 2.71. The fraction of sp³-hybridized carbons (Fsp3) is 0.250. The van der Waals surface area contributed by atoms with Gasteiger partial charge in [-0.05, 0) is 0 Å². The molecule has 13 heavy (non-hydrogen) atoms. The Kier molecular flexibility index (Phi) is 2.69. The number of aryl methyl sites for hydroxylation is 1. The van der Waals surface area contributed by atoms with Crippen molar-refractivity contribution in [2.45, 2.75) is 6.54 Å². The summed E-state index contributed by atoms with van der Waals surface area (Å²) in [7, 11) is 1.64. The zero-order valence-corrected chi connectivity index (χ0v) is 7.17. The molecular weight excluding hydrogens is 172 g/mol. The molecule has 0 aromatic carbocycles. The van der Waals surface area contributed by atoms with Gasteiger partial charge in [0.1, 0.15) is 0 Å². The van der Waals surface area contributed by atoms with Gasteiger partial charge in [0.05, 0.1) is 0 Å². The van der Waals surface area contributed by atoms with Gasteiger partial charge in [-0.3, -0.25) is 4.57 Å². The molecule has 0 atom stereocenters. The van der Waals surface area contributed by atoms with E-state index in [-0.39, 0.29) is 12.2 Å². The second-order valence-electron chi connectivity index (χ2n) is 2.58. The number of carbonyl (C=O) groups is 1. The van der Waals surface area contributed by atoms with E-state index in [1.165, 1.54) is 15.2 Å². The minimum absolute atomic E-state index is 0.157. The van der Waals surface area contributed by atoms with Crippen LogP contribution in [0.2, 0.25) is 0 Å². The molecule has 0 radical (unpaired) electrons. The summed E-state index contributed by atoms with van der Waals surface area (Å²) in [6.45, 7) is 0.284. The van der Waals surface area contributed by atoms with Crippen LogP contribution in [0.4, 0.5) is 0 Å². The van der Waals surface area contributed by atoms with Crippen molar-refractivity contribution >= 4 is 5.97 Å². The summed E-state index contributed by atoms with van der Waals surface area (Å²) in [6.07, 6.45) is 5.66. The normalized spacial score (nSPS) is 10.8. The predicted octanol–water partition coefficient (Wildman–Crippen LogP) is -0.172. The van der Waals surface area contributed by atoms with Crippen molar-refractivity contribution in [2.24, 2.45) is 7.05 Å². The molecule has 0 aliphatic rings. The van der Waals surface area contributed by atoms with E-state index in [1.807, 2.05) is 0 Å². The van der Waals surface area contributed by atoms with E-state index in [0.717, 1.165) is 6.08 Å². The monoisotopic (exact) mass is 182 g/mol. The molecule has 1 aromatic heterocycles. The molecule has 0 bridgehead atoms. The summed E-state index contributed by atoms with van der Waals surface area (Å²) in [5.41, 5.74) is -0.157. The van der Waals surface area contributed by atoms with Crippen LogP contribution in [0.15, 0.2) is 29.3 Å². The number of aromatic nitrogens is 2. The fourth-order valence-corrected chi connectivity index (χ4v) is 0.917. The van der Waals surface area contributed by atoms with E-state index in [9.17, 15) is 9.59 Å². The lowest BCUT2D eigenvalue weighted by molar-refractivity contribution is -0.131. The van der Waals surface area contributed by atoms with Gasteiger partial charge in [0.15, 0.2) is 0 Å². The number of hydrogen-bond acceptors (Lipinski definition) is 2. The maximum absolute atomic E-state index is 11.2. The van der Waals surface area contributed by atoms with Gasteiger partial charge in [-0.15, -0.1) is 0 Å². The minimum atomic E-state index is -1.01. The van der Waals surface area contributed by atoms with Crippen molar-refractivity contribution in [1.29, 1.82) is 0 Å². The number of nitrogens with zero attached hydrogens (tertiary/aromatic N) is 2. The van der Waals surface area contributed by atoms with Crippen LogP contribution < -0.4 is 5.69 Å². The summed E-state index contributed by atoms with van der Waals surface area (Å²) in [4.78, 5) is 21.3. The van der Waals surface area contributed by atoms with E-state index in [4.69, 9.17) is 5.11 Å². The van der Waals surface area contributed by atoms with Crippen molar-refractivity contribution in [3.05, 3.63) is 35.0 Å². The molecule has 5 heteroatoms. The third-order valence-corrected chi connectivity index (χ3v) is 1.58. The van der Waals surface area contributed by atoms with E-state index < -0.39 is 5.97 Å². The van der Waals surface area contributed by atoms with Crippen LogP contribution in [0, 0.1) is 0 Å². The van der Waals surface area contributed by atoms with Gasteiger partial charge in [0.25, 0.3) is 0 Å². The Morgan fingerprint density at radius 3 is 2.77 bits per heavy atom. The molecule has 0 amide bonds. The summed E-state index contributed by atoms with van der Waals surface area (Å²) < 4.78 is 2.84. The first kappa shape index (κ1) is 9.31. The zero-order valence-electron chi connectivity index (χ0n) is 7.17. The first-order valence-electron chi connectivity index (χ1n) is 3.72. The molecule has 0 aliphatic carbocycles. The average molecular weight is 182 g/mol. The first-order chi connectivity index (χ1) is 6.11. The lowest BCUT2D eigenvalue weighted by atomic mass is 10.5. The number of hydrogen-bond donors (Lipinski definition) is 1. The highest BCUT2D eigenvalue weighted by molar-refractivity contribution is 5.79. The summed E-state index contributed by atoms with van der Waals surface area (Å²) in [5, 5.41) is 8.29. The van der Waals surface area contributed by atoms with E-state index in [1.54, 1.807) is 19.4 Å². The van der Waals surface area contributed by atoms with Crippen molar-refractivity contribution in [3.63, 3.8) is 0 Å². The van der Waals surface area contributed by atoms with Gasteiger partial charge in [0.2, 0.25) is 0 Å². The Labute approximate surface area is 74.5 Å². The van der Waals surface area contributed by atoms with Gasteiger partial charge in [0, 0.05) is 32.1 Å². The van der Waals surface area contributed by atoms with Crippen LogP contribution in [0.25, 0.3) is 0 Å². The van der Waals surface area contributed by atoms with Crippen molar-refractivity contribution < 1.29 is 9.90 Å². The van der Waals surface area contributed by atoms with Crippen LogP contribution >= 0.6 is 0 Å². The second kappa shape index (κ2) is 3.75. The van der Waals surface area contributed by atoms with Gasteiger partial charge in [-0.1, -0.05) is 6.08 Å². The van der Waals surface area contributed by atoms with Crippen molar-refractivity contribution in [2.75, 3.05) is 0 Å². The number of carboxylic acid groups (broad SMARTS) is 1. The number of imidazole rings is 1. The highest BCUT2D eigenvalue weighted by atomic mass is 16.4. The molecule has 0 fully saturated rings. The Bertz CT molecular complexity index is 386. The van der Waals surface area contributed by atoms with Crippen LogP contribution in [-0.2, 0) is 18.4 Å². The fourth-order valence-electron chi connectivity index (χ4n) is 0.917. The molecule has 0 saturated heterocycles. The van der Waals surface area contributed by atoms with Crippen LogP contribution in [-0.4, -0.2) is 20.2 Å². The lowest BCUT2D eigenvalue weighted by Crippen LogP contribution is -2.21. The standard InChI is InChI=1S/C8H10N2O3/c1-9-5-6-10(8(9)13)4-2-3-7(11)12/h2-3,5-6H,4H2,1H3,(H,11,12)/b3-2+. The quantitative estimate of drug-likeness (QED) is 0.660. The number of carboxylic acids is 1. The molecule has 5 nitrogen and oxygen atoms in total. The zero-order chi connectivity index (χ0) is 9.84. The number of aliphatic carboxylic acids is 1. The number of rotatable bonds is 3. The van der Waals surface area contributed by atoms with Crippen LogP contribution in [0.1, 0.15) is 0 Å². The van der Waals surface area contributed by atoms with Crippen molar-refractivity contribution in [1.82, 2.24) is 9.13 Å². The third-order valence-electron chi connectivity index (χ3n) is 1.58. The largest absolute Gasteiger partial charge is 0.478 e. The van der Waals surface area contributed by atoms with Crippen LogP contribution in [0.5, 0.6) is 0 Å². The molecule has 0 saturated carbocycles. The Morgan fingerprint density at radius 1 is 1.62 bits per heavy atom. The van der Waals surface area contributed by atoms with Crippen molar-refractivity contribution in [3.8, 4) is 0 Å². The lowest BCUT2D eigenvalue weighted by Gasteiger charge is -1.92. The number of allylic oxidation sites excluding steroid dienone is 1. The molecule has 0 aliphatic heterocycles. The SMILES string of the molecule is Cn1ccn(C/C=C/C(=O)O)c1=O. The minimum Gasteiger partial charge on any atom is -0.478 e. The summed E-state index contributed by atoms with van der Waals surface area (Å²) >= 11 is 0. The average Bonchev–Trinajstić information content (AvgIpc) is 2.35. The smallest absolute Gasteiger partial charge is 0.328 e. The second-order valence-corrected chi connectivity index (χ2v) is 2.58.